The van der Waals surface area contributed by atoms with Crippen LogP contribution in [0.25, 0.3) is 0 Å². The molecule has 0 bridgehead atoms. The Bertz CT molecular complexity index is 229. The fourth-order valence-corrected chi connectivity index (χ4v) is 1.96. The lowest BCUT2D eigenvalue weighted by Gasteiger charge is -2.40. The Morgan fingerprint density at radius 1 is 1.44 bits per heavy atom. The SMILES string of the molecule is CCOCC(C)(C(=O)OC)N1CCNCC1. The van der Waals surface area contributed by atoms with Crippen molar-refractivity contribution >= 4 is 5.97 Å². The lowest BCUT2D eigenvalue weighted by atomic mass is 10.00. The van der Waals surface area contributed by atoms with E-state index in [1.54, 1.807) is 0 Å². The number of ether oxygens (including phenoxy) is 2. The second-order valence-electron chi connectivity index (χ2n) is 4.14. The molecule has 0 aliphatic carbocycles. The zero-order valence-electron chi connectivity index (χ0n) is 10.4. The predicted molar refractivity (Wildman–Crippen MR) is 61.4 cm³/mol. The zero-order chi connectivity index (χ0) is 12.0. The molecule has 0 amide bonds. The van der Waals surface area contributed by atoms with Crippen molar-refractivity contribution in [1.29, 1.82) is 0 Å². The molecule has 0 spiro atoms. The molecule has 1 aliphatic rings. The minimum atomic E-state index is -0.660. The molecular formula is C11H22N2O3. The molecule has 1 aliphatic heterocycles. The summed E-state index contributed by atoms with van der Waals surface area (Å²) in [6, 6.07) is 0. The second kappa shape index (κ2) is 6.18. The highest BCUT2D eigenvalue weighted by Gasteiger charge is 2.41. The quantitative estimate of drug-likeness (QED) is 0.666. The fraction of sp³-hybridized carbons (Fsp3) is 0.909. The van der Waals surface area contributed by atoms with Crippen molar-refractivity contribution in [1.82, 2.24) is 10.2 Å². The molecule has 0 aromatic carbocycles. The third-order valence-electron chi connectivity index (χ3n) is 3.03. The molecule has 1 fully saturated rings. The molecule has 1 unspecified atom stereocenters. The standard InChI is InChI=1S/C11H22N2O3/c1-4-16-9-11(2,10(14)15-3)13-7-5-12-6-8-13/h12H,4-9H2,1-3H3. The van der Waals surface area contributed by atoms with Gasteiger partial charge < -0.3 is 14.8 Å². The van der Waals surface area contributed by atoms with Gasteiger partial charge in [-0.05, 0) is 13.8 Å². The predicted octanol–water partition coefficient (Wildman–Crippen LogP) is -0.140. The molecule has 1 N–H and O–H groups in total. The van der Waals surface area contributed by atoms with Crippen LogP contribution in [0.2, 0.25) is 0 Å². The first kappa shape index (κ1) is 13.4. The summed E-state index contributed by atoms with van der Waals surface area (Å²) in [6.07, 6.45) is 0. The minimum absolute atomic E-state index is 0.220. The van der Waals surface area contributed by atoms with Crippen molar-refractivity contribution in [2.45, 2.75) is 19.4 Å². The molecule has 5 nitrogen and oxygen atoms in total. The summed E-state index contributed by atoms with van der Waals surface area (Å²) >= 11 is 0. The van der Waals surface area contributed by atoms with Crippen LogP contribution in [0, 0.1) is 0 Å². The monoisotopic (exact) mass is 230 g/mol. The number of nitrogens with one attached hydrogen (secondary N) is 1. The van der Waals surface area contributed by atoms with Gasteiger partial charge in [-0.1, -0.05) is 0 Å². The number of esters is 1. The average Bonchev–Trinajstić information content (AvgIpc) is 2.36. The van der Waals surface area contributed by atoms with E-state index in [-0.39, 0.29) is 5.97 Å². The molecule has 1 rings (SSSR count). The van der Waals surface area contributed by atoms with Gasteiger partial charge in [-0.25, -0.2) is 4.79 Å². The second-order valence-corrected chi connectivity index (χ2v) is 4.14. The molecule has 0 aromatic rings. The van der Waals surface area contributed by atoms with Gasteiger partial charge in [0.25, 0.3) is 0 Å². The van der Waals surface area contributed by atoms with Gasteiger partial charge in [0.15, 0.2) is 0 Å². The van der Waals surface area contributed by atoms with Gasteiger partial charge in [-0.2, -0.15) is 0 Å². The normalized spacial score (nSPS) is 21.4. The van der Waals surface area contributed by atoms with E-state index >= 15 is 0 Å². The first-order chi connectivity index (χ1) is 7.65. The first-order valence-electron chi connectivity index (χ1n) is 5.77. The number of rotatable bonds is 5. The van der Waals surface area contributed by atoms with E-state index in [0.29, 0.717) is 13.2 Å². The first-order valence-corrected chi connectivity index (χ1v) is 5.77. The van der Waals surface area contributed by atoms with E-state index in [4.69, 9.17) is 9.47 Å². The summed E-state index contributed by atoms with van der Waals surface area (Å²) in [5.74, 6) is -0.220. The molecule has 5 heteroatoms. The molecule has 1 saturated heterocycles. The number of carbonyl (C=O) groups is 1. The highest BCUT2D eigenvalue weighted by atomic mass is 16.5. The fourth-order valence-electron chi connectivity index (χ4n) is 1.96. The topological polar surface area (TPSA) is 50.8 Å². The van der Waals surface area contributed by atoms with Crippen LogP contribution in [-0.4, -0.2) is 62.9 Å². The van der Waals surface area contributed by atoms with Crippen molar-refractivity contribution in [2.75, 3.05) is 46.5 Å². The van der Waals surface area contributed by atoms with Crippen LogP contribution in [0.15, 0.2) is 0 Å². The van der Waals surface area contributed by atoms with Crippen LogP contribution >= 0.6 is 0 Å². The van der Waals surface area contributed by atoms with Crippen LogP contribution < -0.4 is 5.32 Å². The van der Waals surface area contributed by atoms with Crippen molar-refractivity contribution in [3.05, 3.63) is 0 Å². The van der Waals surface area contributed by atoms with E-state index < -0.39 is 5.54 Å². The van der Waals surface area contributed by atoms with Gasteiger partial charge in [0.05, 0.1) is 13.7 Å². The molecular weight excluding hydrogens is 208 g/mol. The Morgan fingerprint density at radius 3 is 2.56 bits per heavy atom. The van der Waals surface area contributed by atoms with Crippen molar-refractivity contribution in [2.24, 2.45) is 0 Å². The van der Waals surface area contributed by atoms with Crippen molar-refractivity contribution in [3.8, 4) is 0 Å². The lowest BCUT2D eigenvalue weighted by Crippen LogP contribution is -2.61. The van der Waals surface area contributed by atoms with Crippen LogP contribution in [-0.2, 0) is 14.3 Å². The van der Waals surface area contributed by atoms with E-state index in [0.717, 1.165) is 26.2 Å². The zero-order valence-corrected chi connectivity index (χ0v) is 10.4. The largest absolute Gasteiger partial charge is 0.468 e. The van der Waals surface area contributed by atoms with Gasteiger partial charge in [-0.3, -0.25) is 4.90 Å². The molecule has 0 saturated carbocycles. The number of methoxy groups -OCH3 is 1. The van der Waals surface area contributed by atoms with Crippen LogP contribution in [0.5, 0.6) is 0 Å². The number of carbonyl (C=O) groups excluding carboxylic acids is 1. The Morgan fingerprint density at radius 2 is 2.06 bits per heavy atom. The Hall–Kier alpha value is -0.650. The maximum absolute atomic E-state index is 11.9. The molecule has 16 heavy (non-hydrogen) atoms. The maximum atomic E-state index is 11.9. The van der Waals surface area contributed by atoms with Crippen LogP contribution in [0.3, 0.4) is 0 Å². The van der Waals surface area contributed by atoms with Gasteiger partial charge >= 0.3 is 5.97 Å². The Kier molecular flexibility index (Phi) is 5.18. The smallest absolute Gasteiger partial charge is 0.328 e. The highest BCUT2D eigenvalue weighted by molar-refractivity contribution is 5.80. The van der Waals surface area contributed by atoms with Gasteiger partial charge in [-0.15, -0.1) is 0 Å². The van der Waals surface area contributed by atoms with E-state index in [9.17, 15) is 4.79 Å². The number of hydrogen-bond donors (Lipinski definition) is 1. The van der Waals surface area contributed by atoms with Crippen molar-refractivity contribution in [3.63, 3.8) is 0 Å². The summed E-state index contributed by atoms with van der Waals surface area (Å²) in [5.41, 5.74) is -0.660. The third kappa shape index (κ3) is 2.93. The summed E-state index contributed by atoms with van der Waals surface area (Å²) in [4.78, 5) is 14.0. The third-order valence-corrected chi connectivity index (χ3v) is 3.03. The van der Waals surface area contributed by atoms with Crippen molar-refractivity contribution < 1.29 is 14.3 Å². The minimum Gasteiger partial charge on any atom is -0.468 e. The maximum Gasteiger partial charge on any atom is 0.328 e. The summed E-state index contributed by atoms with van der Waals surface area (Å²) in [7, 11) is 1.43. The summed E-state index contributed by atoms with van der Waals surface area (Å²) in [5, 5.41) is 3.27. The summed E-state index contributed by atoms with van der Waals surface area (Å²) in [6.45, 7) is 8.30. The van der Waals surface area contributed by atoms with E-state index in [1.165, 1.54) is 7.11 Å². The van der Waals surface area contributed by atoms with Crippen LogP contribution in [0.1, 0.15) is 13.8 Å². The molecule has 1 heterocycles. The number of hydrogen-bond acceptors (Lipinski definition) is 5. The van der Waals surface area contributed by atoms with Gasteiger partial charge in [0.1, 0.15) is 5.54 Å². The van der Waals surface area contributed by atoms with E-state index in [2.05, 4.69) is 10.2 Å². The highest BCUT2D eigenvalue weighted by Crippen LogP contribution is 2.18. The average molecular weight is 230 g/mol. The van der Waals surface area contributed by atoms with E-state index in [1.807, 2.05) is 13.8 Å². The summed E-state index contributed by atoms with van der Waals surface area (Å²) < 4.78 is 10.3. The molecule has 1 atom stereocenters. The Balaban J connectivity index is 2.71. The van der Waals surface area contributed by atoms with Gasteiger partial charge in [0.2, 0.25) is 0 Å². The molecule has 94 valence electrons. The number of piperazine rings is 1. The lowest BCUT2D eigenvalue weighted by molar-refractivity contribution is -0.159. The molecule has 0 aromatic heterocycles. The van der Waals surface area contributed by atoms with Crippen LogP contribution in [0.4, 0.5) is 0 Å². The van der Waals surface area contributed by atoms with Gasteiger partial charge in [0, 0.05) is 32.8 Å². The molecule has 0 radical (unpaired) electrons. The Labute approximate surface area is 97.1 Å². The number of nitrogens with zero attached hydrogens (tertiary/aromatic N) is 1.